The van der Waals surface area contributed by atoms with Gasteiger partial charge in [-0.2, -0.15) is 15.2 Å². The molecule has 2 saturated heterocycles. The predicted octanol–water partition coefficient (Wildman–Crippen LogP) is 7.20. The van der Waals surface area contributed by atoms with Crippen molar-refractivity contribution in [1.29, 1.82) is 5.26 Å². The lowest BCUT2D eigenvalue weighted by Crippen LogP contribution is -2.32. The van der Waals surface area contributed by atoms with Crippen molar-refractivity contribution in [3.05, 3.63) is 70.9 Å². The van der Waals surface area contributed by atoms with Gasteiger partial charge in [-0.3, -0.25) is 4.90 Å². The molecule has 4 N–H and O–H groups in total. The average molecular weight is 721 g/mol. The van der Waals surface area contributed by atoms with Crippen LogP contribution in [-0.4, -0.2) is 65.4 Å². The molecule has 5 aromatic rings. The standard InChI is InChI=1S/C28H20ClF2N7O2S.C7H12FN/c1-3-16(12-5-4-8-35-25(12)33)38-9-10-40-23-19-22(36-28(39-2)37-27(19)38)21(31)18(20(23)29)13-6-7-15(30)24-17(13)14(11-32)26(34)41-24;8-6-4-7-2-1-3-9(7)5-6/h3-8,16H,1,9-10,34H2,2H3,(H2,33,35);6-7H,1-5H2. The summed E-state index contributed by atoms with van der Waals surface area (Å²) < 4.78 is 55.7. The monoisotopic (exact) mass is 720 g/mol. The number of anilines is 3. The van der Waals surface area contributed by atoms with Crippen LogP contribution in [0.25, 0.3) is 32.1 Å². The fourth-order valence-electron chi connectivity index (χ4n) is 7.17. The average Bonchev–Trinajstić information content (AvgIpc) is 3.76. The summed E-state index contributed by atoms with van der Waals surface area (Å²) in [6.07, 6.45) is 6.06. The number of methoxy groups -OCH3 is 1. The minimum absolute atomic E-state index is 0.0249. The molecule has 0 radical (unpaired) electrons. The zero-order valence-corrected chi connectivity index (χ0v) is 28.5. The van der Waals surface area contributed by atoms with Crippen LogP contribution in [0.4, 0.5) is 29.8 Å². The van der Waals surface area contributed by atoms with Crippen LogP contribution in [0.1, 0.15) is 36.4 Å². The van der Waals surface area contributed by atoms with Crippen LogP contribution < -0.4 is 25.8 Å². The number of fused-ring (bicyclic) bond motifs is 2. The van der Waals surface area contributed by atoms with Gasteiger partial charge in [-0.15, -0.1) is 17.9 Å². The summed E-state index contributed by atoms with van der Waals surface area (Å²) in [5.74, 6) is -0.733. The van der Waals surface area contributed by atoms with Crippen molar-refractivity contribution < 1.29 is 22.6 Å². The van der Waals surface area contributed by atoms with Crippen molar-refractivity contribution in [2.45, 2.75) is 37.5 Å². The van der Waals surface area contributed by atoms with Crippen LogP contribution in [0.2, 0.25) is 5.02 Å². The van der Waals surface area contributed by atoms with E-state index >= 15 is 4.39 Å². The van der Waals surface area contributed by atoms with Crippen molar-refractivity contribution in [2.75, 3.05) is 49.7 Å². The number of hydrogen-bond acceptors (Lipinski definition) is 11. The summed E-state index contributed by atoms with van der Waals surface area (Å²) >= 11 is 7.80. The number of nitrogen functional groups attached to an aromatic ring is 2. The normalized spacial score (nSPS) is 18.9. The van der Waals surface area contributed by atoms with Crippen molar-refractivity contribution in [3.8, 4) is 29.0 Å². The van der Waals surface area contributed by atoms with Crippen molar-refractivity contribution in [1.82, 2.24) is 19.9 Å². The molecule has 10 nitrogen and oxygen atoms in total. The molecule has 0 saturated carbocycles. The van der Waals surface area contributed by atoms with Gasteiger partial charge in [0.1, 0.15) is 46.8 Å². The van der Waals surface area contributed by atoms with Gasteiger partial charge in [-0.25, -0.2) is 18.2 Å². The molecule has 8 rings (SSSR count). The van der Waals surface area contributed by atoms with Crippen molar-refractivity contribution in [3.63, 3.8) is 0 Å². The Balaban J connectivity index is 0.000000375. The molecule has 3 aromatic heterocycles. The first kappa shape index (κ1) is 33.6. The Morgan fingerprint density at radius 1 is 1.22 bits per heavy atom. The SMILES string of the molecule is C=CC(c1cccnc1N)N1CCOc2c(Cl)c(-c3ccc(F)c4sc(N)c(C#N)c34)c(F)c3nc(OC)nc1c23.FC1CC2CCCN2C1. The smallest absolute Gasteiger partial charge is 0.318 e. The van der Waals surface area contributed by atoms with Crippen LogP contribution in [0, 0.1) is 23.0 Å². The number of aromatic nitrogens is 3. The van der Waals surface area contributed by atoms with Gasteiger partial charge < -0.3 is 25.8 Å². The van der Waals surface area contributed by atoms with Crippen molar-refractivity contribution in [2.24, 2.45) is 0 Å². The first-order chi connectivity index (χ1) is 24.2. The second-order valence-electron chi connectivity index (χ2n) is 12.2. The molecule has 258 valence electrons. The highest BCUT2D eigenvalue weighted by molar-refractivity contribution is 7.23. The Labute approximate surface area is 294 Å². The Morgan fingerprint density at radius 2 is 2.04 bits per heavy atom. The maximum atomic E-state index is 16.7. The van der Waals surface area contributed by atoms with Gasteiger partial charge in [0.15, 0.2) is 11.6 Å². The number of nitriles is 1. The highest BCUT2D eigenvalue weighted by atomic mass is 35.5. The number of nitrogens with two attached hydrogens (primary N) is 2. The van der Waals surface area contributed by atoms with Gasteiger partial charge >= 0.3 is 6.01 Å². The molecular weight excluding hydrogens is 689 g/mol. The third-order valence-electron chi connectivity index (χ3n) is 9.38. The molecule has 3 atom stereocenters. The number of rotatable bonds is 5. The lowest BCUT2D eigenvalue weighted by Gasteiger charge is -2.30. The highest BCUT2D eigenvalue weighted by Crippen LogP contribution is 2.51. The Hall–Kier alpha value is -4.84. The van der Waals surface area contributed by atoms with Gasteiger partial charge in [-0.05, 0) is 43.5 Å². The molecule has 0 bridgehead atoms. The third-order valence-corrected chi connectivity index (χ3v) is 10.8. The predicted molar refractivity (Wildman–Crippen MR) is 189 cm³/mol. The number of alkyl halides is 1. The van der Waals surface area contributed by atoms with Crippen LogP contribution in [0.15, 0.2) is 43.1 Å². The van der Waals surface area contributed by atoms with Crippen LogP contribution in [0.3, 0.4) is 0 Å². The molecule has 50 heavy (non-hydrogen) atoms. The molecule has 6 heterocycles. The summed E-state index contributed by atoms with van der Waals surface area (Å²) in [5.41, 5.74) is 12.8. The van der Waals surface area contributed by atoms with E-state index < -0.39 is 23.8 Å². The zero-order chi connectivity index (χ0) is 35.3. The van der Waals surface area contributed by atoms with E-state index in [1.165, 1.54) is 32.1 Å². The number of hydrogen-bond donors (Lipinski definition) is 2. The van der Waals surface area contributed by atoms with E-state index in [1.807, 2.05) is 17.0 Å². The molecule has 0 spiro atoms. The highest BCUT2D eigenvalue weighted by Gasteiger charge is 2.35. The van der Waals surface area contributed by atoms with E-state index in [1.54, 1.807) is 18.3 Å². The molecule has 2 aromatic carbocycles. The van der Waals surface area contributed by atoms with E-state index in [0.29, 0.717) is 24.0 Å². The molecule has 3 aliphatic rings. The van der Waals surface area contributed by atoms with Crippen molar-refractivity contribution >= 4 is 60.6 Å². The first-order valence-electron chi connectivity index (χ1n) is 15.9. The van der Waals surface area contributed by atoms with Crippen LogP contribution >= 0.6 is 22.9 Å². The minimum atomic E-state index is -0.834. The Morgan fingerprint density at radius 3 is 2.76 bits per heavy atom. The van der Waals surface area contributed by atoms with Gasteiger partial charge in [0, 0.05) is 35.3 Å². The molecule has 0 amide bonds. The van der Waals surface area contributed by atoms with E-state index in [-0.39, 0.29) is 78.4 Å². The summed E-state index contributed by atoms with van der Waals surface area (Å²) in [7, 11) is 1.36. The number of halogens is 4. The maximum Gasteiger partial charge on any atom is 0.318 e. The maximum absolute atomic E-state index is 16.7. The molecule has 3 aliphatic heterocycles. The van der Waals surface area contributed by atoms with Crippen LogP contribution in [0.5, 0.6) is 11.8 Å². The topological polar surface area (TPSA) is 139 Å². The lowest BCUT2D eigenvalue weighted by atomic mass is 9.96. The van der Waals surface area contributed by atoms with Gasteiger partial charge in [-0.1, -0.05) is 29.8 Å². The lowest BCUT2D eigenvalue weighted by molar-refractivity contribution is 0.292. The fourth-order valence-corrected chi connectivity index (χ4v) is 8.45. The summed E-state index contributed by atoms with van der Waals surface area (Å²) in [6, 6.07) is 8.07. The van der Waals surface area contributed by atoms with E-state index in [2.05, 4.69) is 26.4 Å². The second kappa shape index (κ2) is 13.5. The summed E-state index contributed by atoms with van der Waals surface area (Å²) in [5, 5.41) is 10.1. The first-order valence-corrected chi connectivity index (χ1v) is 17.1. The minimum Gasteiger partial charge on any atom is -0.489 e. The number of nitrogens with zero attached hydrogens (tertiary/aromatic N) is 6. The molecular formula is C35H32ClF3N8O2S. The summed E-state index contributed by atoms with van der Waals surface area (Å²) in [4.78, 5) is 17.2. The van der Waals surface area contributed by atoms with Gasteiger partial charge in [0.05, 0.1) is 40.4 Å². The van der Waals surface area contributed by atoms with Gasteiger partial charge in [0.2, 0.25) is 0 Å². The Kier molecular flexibility index (Phi) is 9.06. The second-order valence-corrected chi connectivity index (χ2v) is 13.6. The third kappa shape index (κ3) is 5.59. The largest absolute Gasteiger partial charge is 0.489 e. The molecule has 15 heteroatoms. The Bertz CT molecular complexity index is 2180. The number of thiophene rings is 1. The fraction of sp³-hybridized carbons (Fsp3) is 0.314. The van der Waals surface area contributed by atoms with E-state index in [0.717, 1.165) is 24.3 Å². The molecule has 2 fully saturated rings. The summed E-state index contributed by atoms with van der Waals surface area (Å²) in [6.45, 7) is 6.24. The van der Waals surface area contributed by atoms with E-state index in [4.69, 9.17) is 32.5 Å². The zero-order valence-electron chi connectivity index (χ0n) is 26.9. The van der Waals surface area contributed by atoms with Crippen LogP contribution in [-0.2, 0) is 0 Å². The number of benzene rings is 2. The molecule has 3 unspecified atom stereocenters. The molecule has 0 aliphatic carbocycles. The quantitative estimate of drug-likeness (QED) is 0.179. The number of ether oxygens (including phenoxy) is 2. The number of pyridine rings is 1. The van der Waals surface area contributed by atoms with Gasteiger partial charge in [0.25, 0.3) is 0 Å². The van der Waals surface area contributed by atoms with E-state index in [9.17, 15) is 14.0 Å².